The summed E-state index contributed by atoms with van der Waals surface area (Å²) in [5, 5.41) is 6.28. The minimum absolute atomic E-state index is 0.179. The van der Waals surface area contributed by atoms with E-state index < -0.39 is 33.0 Å². The maximum absolute atomic E-state index is 12.6. The fourth-order valence-electron chi connectivity index (χ4n) is 2.09. The molecule has 1 amide bonds. The van der Waals surface area contributed by atoms with Crippen molar-refractivity contribution in [3.05, 3.63) is 11.2 Å². The maximum atomic E-state index is 12.6. The molecule has 136 valence electrons. The quantitative estimate of drug-likeness (QED) is 0.848. The number of rotatable bonds is 2. The van der Waals surface area contributed by atoms with E-state index in [-0.39, 0.29) is 4.21 Å². The second-order valence-corrected chi connectivity index (χ2v) is 10.2. The fraction of sp³-hybridized carbons (Fsp3) is 0.714. The molecule has 0 aliphatic carbocycles. The van der Waals surface area contributed by atoms with Crippen LogP contribution in [0.15, 0.2) is 14.8 Å². The summed E-state index contributed by atoms with van der Waals surface area (Å²) >= 11 is 1.08. The summed E-state index contributed by atoms with van der Waals surface area (Å²) in [5.74, 6) is -0.731. The van der Waals surface area contributed by atoms with Gasteiger partial charge in [0.15, 0.2) is 15.7 Å². The SMILES string of the molecule is CC(C)(C)OC(=O)N=[S@](N)(=O)c1cnc([C@]2(C)COC(C)(C)O2)s1. The van der Waals surface area contributed by atoms with E-state index >= 15 is 0 Å². The highest BCUT2D eigenvalue weighted by Gasteiger charge is 2.45. The first-order chi connectivity index (χ1) is 10.7. The van der Waals surface area contributed by atoms with Crippen LogP contribution in [0.2, 0.25) is 0 Å². The number of amides is 1. The van der Waals surface area contributed by atoms with Crippen molar-refractivity contribution in [2.24, 2.45) is 9.50 Å². The molecular formula is C14H23N3O5S2. The number of thiazole rings is 1. The third-order valence-electron chi connectivity index (χ3n) is 3.00. The zero-order valence-corrected chi connectivity index (χ0v) is 16.2. The average Bonchev–Trinajstić information content (AvgIpc) is 2.92. The molecule has 1 aliphatic heterocycles. The summed E-state index contributed by atoms with van der Waals surface area (Å²) < 4.78 is 32.7. The molecule has 1 fully saturated rings. The van der Waals surface area contributed by atoms with E-state index in [1.165, 1.54) is 6.20 Å². The van der Waals surface area contributed by atoms with Crippen molar-refractivity contribution in [2.45, 2.75) is 62.7 Å². The van der Waals surface area contributed by atoms with Gasteiger partial charge in [-0.25, -0.2) is 19.1 Å². The Kier molecular flexibility index (Phi) is 4.83. The van der Waals surface area contributed by atoms with Crippen LogP contribution in [0.1, 0.15) is 46.6 Å². The molecule has 0 saturated carbocycles. The Bertz CT molecular complexity index is 759. The topological polar surface area (TPSA) is 113 Å². The monoisotopic (exact) mass is 377 g/mol. The number of nitrogens with zero attached hydrogens (tertiary/aromatic N) is 2. The molecule has 8 nitrogen and oxygen atoms in total. The van der Waals surface area contributed by atoms with Crippen molar-refractivity contribution >= 4 is 27.3 Å². The molecular weight excluding hydrogens is 354 g/mol. The number of hydrogen-bond acceptors (Lipinski definition) is 7. The Balaban J connectivity index is 2.27. The second kappa shape index (κ2) is 6.03. The molecule has 10 heteroatoms. The Morgan fingerprint density at radius 3 is 2.58 bits per heavy atom. The zero-order chi connectivity index (χ0) is 18.4. The first kappa shape index (κ1) is 19.3. The van der Waals surface area contributed by atoms with Gasteiger partial charge in [0, 0.05) is 0 Å². The smallest absolute Gasteiger partial charge is 0.442 e. The van der Waals surface area contributed by atoms with Crippen LogP contribution in [-0.2, 0) is 29.7 Å². The van der Waals surface area contributed by atoms with Crippen molar-refractivity contribution in [3.63, 3.8) is 0 Å². The highest BCUT2D eigenvalue weighted by Crippen LogP contribution is 2.40. The number of aromatic nitrogens is 1. The Morgan fingerprint density at radius 2 is 2.08 bits per heavy atom. The first-order valence-corrected chi connectivity index (χ1v) is 9.70. The third-order valence-corrected chi connectivity index (χ3v) is 6.10. The summed E-state index contributed by atoms with van der Waals surface area (Å²) in [6.45, 7) is 10.8. The van der Waals surface area contributed by atoms with Crippen molar-refractivity contribution < 1.29 is 23.2 Å². The first-order valence-electron chi connectivity index (χ1n) is 7.31. The molecule has 0 spiro atoms. The van der Waals surface area contributed by atoms with Gasteiger partial charge in [-0.1, -0.05) is 0 Å². The van der Waals surface area contributed by atoms with Crippen molar-refractivity contribution in [1.29, 1.82) is 0 Å². The highest BCUT2D eigenvalue weighted by molar-refractivity contribution is 7.93. The van der Waals surface area contributed by atoms with Gasteiger partial charge >= 0.3 is 6.09 Å². The normalized spacial score (nSPS) is 26.0. The number of carbonyl (C=O) groups is 1. The van der Waals surface area contributed by atoms with Gasteiger partial charge in [0.25, 0.3) is 0 Å². The standard InChI is InChI=1S/C14H23N3O5S2/c1-12(2,3)21-11(18)17-24(15,19)9-7-16-10(23-9)14(6)8-20-13(4,5)22-14/h7H,8H2,1-6H3,(H2,15,17,18,19)/t14-,24-/m0/s1. The largest absolute Gasteiger partial charge is 0.443 e. The van der Waals surface area contributed by atoms with Gasteiger partial charge in [-0.3, -0.25) is 0 Å². The van der Waals surface area contributed by atoms with Gasteiger partial charge in [-0.2, -0.15) is 0 Å². The summed E-state index contributed by atoms with van der Waals surface area (Å²) in [4.78, 5) is 16.0. The highest BCUT2D eigenvalue weighted by atomic mass is 32.2. The minimum atomic E-state index is -3.44. The van der Waals surface area contributed by atoms with Crippen molar-refractivity contribution in [3.8, 4) is 0 Å². The molecule has 0 unspecified atom stereocenters. The molecule has 0 bridgehead atoms. The lowest BCUT2D eigenvalue weighted by Crippen LogP contribution is -2.28. The molecule has 1 aliphatic rings. The van der Waals surface area contributed by atoms with Crippen LogP contribution < -0.4 is 5.14 Å². The Morgan fingerprint density at radius 1 is 1.46 bits per heavy atom. The van der Waals surface area contributed by atoms with E-state index in [9.17, 15) is 9.00 Å². The molecule has 2 heterocycles. The van der Waals surface area contributed by atoms with Crippen LogP contribution in [0.3, 0.4) is 0 Å². The molecule has 1 aromatic heterocycles. The molecule has 2 rings (SSSR count). The summed E-state index contributed by atoms with van der Waals surface area (Å²) in [6.07, 6.45) is 0.369. The van der Waals surface area contributed by atoms with Crippen LogP contribution in [0.25, 0.3) is 0 Å². The van der Waals surface area contributed by atoms with E-state index in [1.54, 1.807) is 34.6 Å². The molecule has 1 saturated heterocycles. The van der Waals surface area contributed by atoms with E-state index in [4.69, 9.17) is 19.3 Å². The lowest BCUT2D eigenvalue weighted by atomic mass is 10.1. The van der Waals surface area contributed by atoms with Crippen LogP contribution in [0, 0.1) is 0 Å². The molecule has 24 heavy (non-hydrogen) atoms. The van der Waals surface area contributed by atoms with Crippen LogP contribution in [-0.4, -0.2) is 33.3 Å². The van der Waals surface area contributed by atoms with E-state index in [1.807, 2.05) is 6.92 Å². The van der Waals surface area contributed by atoms with E-state index in [2.05, 4.69) is 9.35 Å². The van der Waals surface area contributed by atoms with E-state index in [0.29, 0.717) is 11.6 Å². The number of ether oxygens (including phenoxy) is 3. The second-order valence-electron chi connectivity index (χ2n) is 7.15. The molecule has 0 aromatic carbocycles. The number of carbonyl (C=O) groups excluding carboxylic acids is 1. The average molecular weight is 377 g/mol. The zero-order valence-electron chi connectivity index (χ0n) is 14.6. The van der Waals surface area contributed by atoms with Crippen LogP contribution >= 0.6 is 11.3 Å². The third kappa shape index (κ3) is 4.51. The van der Waals surface area contributed by atoms with Gasteiger partial charge in [0.2, 0.25) is 0 Å². The van der Waals surface area contributed by atoms with Crippen LogP contribution in [0.5, 0.6) is 0 Å². The van der Waals surface area contributed by atoms with Gasteiger partial charge in [0.05, 0.1) is 12.8 Å². The van der Waals surface area contributed by atoms with Gasteiger partial charge in [-0.15, -0.1) is 15.7 Å². The molecule has 2 N–H and O–H groups in total. The van der Waals surface area contributed by atoms with Gasteiger partial charge in [0.1, 0.15) is 20.4 Å². The molecule has 1 aromatic rings. The lowest BCUT2D eigenvalue weighted by molar-refractivity contribution is -0.159. The van der Waals surface area contributed by atoms with Gasteiger partial charge < -0.3 is 14.2 Å². The van der Waals surface area contributed by atoms with Gasteiger partial charge in [-0.05, 0) is 41.5 Å². The lowest BCUT2D eigenvalue weighted by Gasteiger charge is -2.22. The summed E-state index contributed by atoms with van der Waals surface area (Å²) in [7, 11) is -3.44. The van der Waals surface area contributed by atoms with Crippen LogP contribution in [0.4, 0.5) is 4.79 Å². The number of nitrogens with two attached hydrogens (primary N) is 1. The summed E-state index contributed by atoms with van der Waals surface area (Å²) in [5.41, 5.74) is -1.52. The predicted molar refractivity (Wildman–Crippen MR) is 89.8 cm³/mol. The maximum Gasteiger partial charge on any atom is 0.443 e. The molecule has 2 atom stereocenters. The Hall–Kier alpha value is -1.07. The molecule has 0 radical (unpaired) electrons. The van der Waals surface area contributed by atoms with Crippen molar-refractivity contribution in [1.82, 2.24) is 4.98 Å². The number of hydrogen-bond donors (Lipinski definition) is 1. The predicted octanol–water partition coefficient (Wildman–Crippen LogP) is 2.78. The minimum Gasteiger partial charge on any atom is -0.442 e. The summed E-state index contributed by atoms with van der Waals surface area (Å²) in [6, 6.07) is 0. The Labute approximate surface area is 146 Å². The van der Waals surface area contributed by atoms with Crippen molar-refractivity contribution in [2.75, 3.05) is 6.61 Å². The fourth-order valence-corrected chi connectivity index (χ4v) is 4.19. The van der Waals surface area contributed by atoms with E-state index in [0.717, 1.165) is 11.3 Å².